The third-order valence-corrected chi connectivity index (χ3v) is 4.44. The lowest BCUT2D eigenvalue weighted by Gasteiger charge is -2.07. The SMILES string of the molecule is CCCCCOn1cc(CC(=O)Nc2ccncc2Cl)c2ccccc21. The van der Waals surface area contributed by atoms with E-state index in [0.717, 1.165) is 35.7 Å². The molecule has 26 heavy (non-hydrogen) atoms. The van der Waals surface area contributed by atoms with Crippen molar-refractivity contribution >= 4 is 34.1 Å². The van der Waals surface area contributed by atoms with E-state index in [9.17, 15) is 4.79 Å². The van der Waals surface area contributed by atoms with Crippen molar-refractivity contribution in [3.63, 3.8) is 0 Å². The van der Waals surface area contributed by atoms with Gasteiger partial charge in [0.15, 0.2) is 0 Å². The van der Waals surface area contributed by atoms with Gasteiger partial charge in [-0.3, -0.25) is 9.78 Å². The molecule has 0 fully saturated rings. The van der Waals surface area contributed by atoms with Crippen molar-refractivity contribution in [1.29, 1.82) is 0 Å². The van der Waals surface area contributed by atoms with Gasteiger partial charge in [0.2, 0.25) is 5.91 Å². The number of carbonyl (C=O) groups is 1. The summed E-state index contributed by atoms with van der Waals surface area (Å²) in [5, 5.41) is 4.26. The summed E-state index contributed by atoms with van der Waals surface area (Å²) in [7, 11) is 0. The Bertz CT molecular complexity index is 892. The monoisotopic (exact) mass is 371 g/mol. The van der Waals surface area contributed by atoms with Crippen LogP contribution in [0.1, 0.15) is 31.7 Å². The first-order valence-corrected chi connectivity index (χ1v) is 9.18. The molecule has 0 unspecified atom stereocenters. The summed E-state index contributed by atoms with van der Waals surface area (Å²) in [6, 6.07) is 9.61. The van der Waals surface area contributed by atoms with E-state index < -0.39 is 0 Å². The number of halogens is 1. The number of nitrogens with one attached hydrogen (secondary N) is 1. The molecule has 1 amide bonds. The number of unbranched alkanes of at least 4 members (excludes halogenated alkanes) is 2. The smallest absolute Gasteiger partial charge is 0.228 e. The molecule has 0 saturated carbocycles. The maximum Gasteiger partial charge on any atom is 0.228 e. The summed E-state index contributed by atoms with van der Waals surface area (Å²) in [5.74, 6) is -0.132. The van der Waals surface area contributed by atoms with Crippen LogP contribution in [0.5, 0.6) is 0 Å². The topological polar surface area (TPSA) is 56.1 Å². The van der Waals surface area contributed by atoms with Crippen LogP contribution >= 0.6 is 11.6 Å². The summed E-state index contributed by atoms with van der Waals surface area (Å²) in [4.78, 5) is 22.2. The van der Waals surface area contributed by atoms with Crippen molar-refractivity contribution < 1.29 is 9.63 Å². The number of hydrogen-bond donors (Lipinski definition) is 1. The summed E-state index contributed by atoms with van der Waals surface area (Å²) in [6.45, 7) is 2.82. The van der Waals surface area contributed by atoms with Gasteiger partial charge in [-0.15, -0.1) is 0 Å². The summed E-state index contributed by atoms with van der Waals surface area (Å²) in [6.07, 6.45) is 8.54. The molecule has 2 aromatic heterocycles. The van der Waals surface area contributed by atoms with Crippen molar-refractivity contribution in [3.8, 4) is 0 Å². The second-order valence-electron chi connectivity index (χ2n) is 6.12. The highest BCUT2D eigenvalue weighted by molar-refractivity contribution is 6.33. The Morgan fingerprint density at radius 1 is 1.27 bits per heavy atom. The van der Waals surface area contributed by atoms with Gasteiger partial charge in [0.1, 0.15) is 6.61 Å². The van der Waals surface area contributed by atoms with E-state index in [4.69, 9.17) is 16.4 Å². The van der Waals surface area contributed by atoms with Crippen LogP contribution in [-0.4, -0.2) is 22.2 Å². The lowest BCUT2D eigenvalue weighted by molar-refractivity contribution is -0.115. The molecule has 136 valence electrons. The predicted molar refractivity (Wildman–Crippen MR) is 104 cm³/mol. The Morgan fingerprint density at radius 3 is 2.92 bits per heavy atom. The fourth-order valence-corrected chi connectivity index (χ4v) is 2.99. The van der Waals surface area contributed by atoms with Crippen LogP contribution < -0.4 is 10.2 Å². The molecule has 0 aliphatic heterocycles. The summed E-state index contributed by atoms with van der Waals surface area (Å²) < 4.78 is 1.77. The molecular formula is C20H22ClN3O2. The van der Waals surface area contributed by atoms with Gasteiger partial charge in [0.25, 0.3) is 0 Å². The van der Waals surface area contributed by atoms with E-state index in [0.29, 0.717) is 17.3 Å². The largest absolute Gasteiger partial charge is 0.414 e. The molecule has 0 bridgehead atoms. The number of amides is 1. The lowest BCUT2D eigenvalue weighted by atomic mass is 10.1. The molecule has 1 aromatic carbocycles. The lowest BCUT2D eigenvalue weighted by Crippen LogP contribution is -2.15. The molecule has 0 radical (unpaired) electrons. The fraction of sp³-hybridized carbons (Fsp3) is 0.300. The second-order valence-corrected chi connectivity index (χ2v) is 6.53. The van der Waals surface area contributed by atoms with Gasteiger partial charge >= 0.3 is 0 Å². The number of pyridine rings is 1. The Labute approximate surface area is 157 Å². The van der Waals surface area contributed by atoms with Gasteiger partial charge < -0.3 is 10.2 Å². The number of anilines is 1. The average molecular weight is 372 g/mol. The van der Waals surface area contributed by atoms with Crippen LogP contribution in [0.3, 0.4) is 0 Å². The highest BCUT2D eigenvalue weighted by Crippen LogP contribution is 2.23. The van der Waals surface area contributed by atoms with Crippen LogP contribution in [0.25, 0.3) is 10.9 Å². The molecule has 0 aliphatic carbocycles. The van der Waals surface area contributed by atoms with E-state index in [1.165, 1.54) is 6.20 Å². The molecule has 5 nitrogen and oxygen atoms in total. The number of para-hydroxylation sites is 1. The zero-order chi connectivity index (χ0) is 18.4. The van der Waals surface area contributed by atoms with Crippen LogP contribution in [0.2, 0.25) is 5.02 Å². The van der Waals surface area contributed by atoms with E-state index in [-0.39, 0.29) is 12.3 Å². The highest BCUT2D eigenvalue weighted by atomic mass is 35.5. The first kappa shape index (κ1) is 18.3. The van der Waals surface area contributed by atoms with E-state index in [1.54, 1.807) is 17.0 Å². The summed E-state index contributed by atoms with van der Waals surface area (Å²) in [5.41, 5.74) is 2.44. The molecule has 3 rings (SSSR count). The third kappa shape index (κ3) is 4.35. The minimum atomic E-state index is -0.132. The number of nitrogens with zero attached hydrogens (tertiary/aromatic N) is 2. The number of rotatable bonds is 8. The average Bonchev–Trinajstić information content (AvgIpc) is 2.98. The standard InChI is InChI=1S/C20H22ClN3O2/c1-2-3-6-11-26-24-14-15(16-7-4-5-8-19(16)24)12-20(25)23-18-9-10-22-13-17(18)21/h4-5,7-10,13-14H,2-3,6,11-12H2,1H3,(H,22,23,25). The van der Waals surface area contributed by atoms with Crippen LogP contribution in [-0.2, 0) is 11.2 Å². The molecule has 2 heterocycles. The quantitative estimate of drug-likeness (QED) is 0.593. The number of aromatic nitrogens is 2. The van der Waals surface area contributed by atoms with Crippen molar-refractivity contribution in [3.05, 3.63) is 59.5 Å². The van der Waals surface area contributed by atoms with Gasteiger partial charge in [0.05, 0.1) is 22.6 Å². The van der Waals surface area contributed by atoms with Crippen molar-refractivity contribution in [2.24, 2.45) is 0 Å². The molecular weight excluding hydrogens is 350 g/mol. The molecule has 3 aromatic rings. The van der Waals surface area contributed by atoms with Gasteiger partial charge in [-0.1, -0.05) is 49.6 Å². The summed E-state index contributed by atoms with van der Waals surface area (Å²) >= 11 is 6.05. The van der Waals surface area contributed by atoms with Gasteiger partial charge in [-0.25, -0.2) is 0 Å². The number of fused-ring (bicyclic) bond motifs is 1. The minimum absolute atomic E-state index is 0.132. The number of carbonyl (C=O) groups excluding carboxylic acids is 1. The van der Waals surface area contributed by atoms with E-state index in [1.807, 2.05) is 30.5 Å². The third-order valence-electron chi connectivity index (χ3n) is 4.14. The normalized spacial score (nSPS) is 10.8. The van der Waals surface area contributed by atoms with Crippen molar-refractivity contribution in [2.75, 3.05) is 11.9 Å². The van der Waals surface area contributed by atoms with E-state index in [2.05, 4.69) is 17.2 Å². The molecule has 6 heteroatoms. The Hall–Kier alpha value is -2.53. The molecule has 0 saturated heterocycles. The van der Waals surface area contributed by atoms with Gasteiger partial charge in [0, 0.05) is 24.0 Å². The zero-order valence-electron chi connectivity index (χ0n) is 14.7. The maximum absolute atomic E-state index is 12.4. The van der Waals surface area contributed by atoms with Gasteiger partial charge in [-0.05, 0) is 24.1 Å². The van der Waals surface area contributed by atoms with Gasteiger partial charge in [-0.2, -0.15) is 4.73 Å². The predicted octanol–water partition coefficient (Wildman–Crippen LogP) is 4.49. The van der Waals surface area contributed by atoms with E-state index >= 15 is 0 Å². The fourth-order valence-electron chi connectivity index (χ4n) is 2.82. The molecule has 0 atom stereocenters. The number of benzene rings is 1. The Morgan fingerprint density at radius 2 is 2.12 bits per heavy atom. The second kappa shape index (κ2) is 8.72. The molecule has 1 N–H and O–H groups in total. The van der Waals surface area contributed by atoms with Crippen LogP contribution in [0.4, 0.5) is 5.69 Å². The Balaban J connectivity index is 1.75. The maximum atomic E-state index is 12.4. The molecule has 0 aliphatic rings. The zero-order valence-corrected chi connectivity index (χ0v) is 15.5. The first-order valence-electron chi connectivity index (χ1n) is 8.80. The first-order chi connectivity index (χ1) is 12.7. The van der Waals surface area contributed by atoms with Crippen molar-refractivity contribution in [2.45, 2.75) is 32.6 Å². The Kier molecular flexibility index (Phi) is 6.12. The van der Waals surface area contributed by atoms with Crippen LogP contribution in [0, 0.1) is 0 Å². The minimum Gasteiger partial charge on any atom is -0.414 e. The van der Waals surface area contributed by atoms with Crippen LogP contribution in [0.15, 0.2) is 48.9 Å². The van der Waals surface area contributed by atoms with Crippen molar-refractivity contribution in [1.82, 2.24) is 9.71 Å². The molecule has 0 spiro atoms. The highest BCUT2D eigenvalue weighted by Gasteiger charge is 2.13. The number of hydrogen-bond acceptors (Lipinski definition) is 3.